The lowest BCUT2D eigenvalue weighted by Crippen LogP contribution is -2.30. The largest absolute Gasteiger partial charge is 0.328 e. The number of hydrogen-bond donors (Lipinski definition) is 1. The van der Waals surface area contributed by atoms with Crippen LogP contribution in [0.25, 0.3) is 0 Å². The summed E-state index contributed by atoms with van der Waals surface area (Å²) < 4.78 is 31.4. The van der Waals surface area contributed by atoms with E-state index in [0.29, 0.717) is 25.3 Å². The van der Waals surface area contributed by atoms with Gasteiger partial charge in [-0.25, -0.2) is 4.79 Å². The molecule has 0 aromatic carbocycles. The van der Waals surface area contributed by atoms with Gasteiger partial charge in [-0.15, -0.1) is 0 Å². The summed E-state index contributed by atoms with van der Waals surface area (Å²) in [6.45, 7) is 8.57. The molecule has 1 heterocycles. The molecule has 1 aromatic rings. The van der Waals surface area contributed by atoms with Gasteiger partial charge in [-0.1, -0.05) is 40.5 Å². The highest BCUT2D eigenvalue weighted by molar-refractivity contribution is 7.87. The van der Waals surface area contributed by atoms with Gasteiger partial charge < -0.3 is 4.57 Å². The number of nitrogens with one attached hydrogen (secondary N) is 1. The molecule has 0 amide bonds. The first kappa shape index (κ1) is 22.6. The molecule has 1 N–H and O–H groups in total. The number of aromatic nitrogens is 2. The van der Waals surface area contributed by atoms with E-state index in [1.807, 2.05) is 27.7 Å². The van der Waals surface area contributed by atoms with Crippen LogP contribution in [0.4, 0.5) is 0 Å². The molecule has 150 valence electrons. The Morgan fingerprint density at radius 3 is 2.31 bits per heavy atom. The van der Waals surface area contributed by atoms with Crippen LogP contribution in [0.2, 0.25) is 0 Å². The van der Waals surface area contributed by atoms with Gasteiger partial charge in [-0.05, 0) is 31.1 Å². The number of unbranched alkanes of at least 4 members (excludes halogenated alkanes) is 3. The molecule has 0 fully saturated rings. The van der Waals surface area contributed by atoms with Gasteiger partial charge in [0.15, 0.2) is 0 Å². The summed E-state index contributed by atoms with van der Waals surface area (Å²) in [5.74, 6) is 0.329. The zero-order chi connectivity index (χ0) is 19.7. The first-order chi connectivity index (χ1) is 12.1. The third kappa shape index (κ3) is 7.86. The van der Waals surface area contributed by atoms with Crippen LogP contribution >= 0.6 is 0 Å². The Balaban J connectivity index is 2.30. The zero-order valence-electron chi connectivity index (χ0n) is 16.2. The van der Waals surface area contributed by atoms with Crippen molar-refractivity contribution >= 4 is 10.1 Å². The normalized spacial score (nSPS) is 13.5. The van der Waals surface area contributed by atoms with Crippen molar-refractivity contribution in [3.05, 3.63) is 33.1 Å². The van der Waals surface area contributed by atoms with Crippen molar-refractivity contribution < 1.29 is 12.6 Å². The van der Waals surface area contributed by atoms with Gasteiger partial charge in [-0.3, -0.25) is 14.0 Å². The van der Waals surface area contributed by atoms with Gasteiger partial charge in [0.25, 0.3) is 15.7 Å². The van der Waals surface area contributed by atoms with Crippen LogP contribution in [-0.2, 0) is 20.8 Å². The molecule has 8 heteroatoms. The summed E-state index contributed by atoms with van der Waals surface area (Å²) in [7, 11) is -3.54. The van der Waals surface area contributed by atoms with E-state index in [4.69, 9.17) is 4.18 Å². The van der Waals surface area contributed by atoms with Crippen molar-refractivity contribution in [2.45, 2.75) is 71.6 Å². The highest BCUT2D eigenvalue weighted by Gasteiger charge is 2.30. The topological polar surface area (TPSA) is 98.2 Å². The van der Waals surface area contributed by atoms with Crippen molar-refractivity contribution in [2.75, 3.05) is 6.61 Å². The number of hydrogen-bond acceptors (Lipinski definition) is 5. The highest BCUT2D eigenvalue weighted by atomic mass is 32.2. The second kappa shape index (κ2) is 10.7. The Morgan fingerprint density at radius 1 is 1.08 bits per heavy atom. The average Bonchev–Trinajstić information content (AvgIpc) is 2.52. The van der Waals surface area contributed by atoms with Crippen LogP contribution in [-0.4, -0.2) is 29.8 Å². The second-order valence-electron chi connectivity index (χ2n) is 7.44. The predicted molar refractivity (Wildman–Crippen MR) is 103 cm³/mol. The van der Waals surface area contributed by atoms with Crippen molar-refractivity contribution in [3.63, 3.8) is 0 Å². The fourth-order valence-electron chi connectivity index (χ4n) is 2.81. The summed E-state index contributed by atoms with van der Waals surface area (Å²) in [5, 5.41) is -0.463. The quantitative estimate of drug-likeness (QED) is 0.438. The maximum Gasteiger partial charge on any atom is 0.328 e. The molecule has 0 spiro atoms. The minimum absolute atomic E-state index is 0.0259. The van der Waals surface area contributed by atoms with Gasteiger partial charge >= 0.3 is 5.69 Å². The van der Waals surface area contributed by atoms with E-state index in [1.165, 1.54) is 16.8 Å². The van der Waals surface area contributed by atoms with E-state index in [-0.39, 0.29) is 12.5 Å². The molecule has 0 bridgehead atoms. The van der Waals surface area contributed by atoms with Crippen molar-refractivity contribution in [2.24, 2.45) is 11.8 Å². The molecule has 7 nitrogen and oxygen atoms in total. The first-order valence-electron chi connectivity index (χ1n) is 9.31. The van der Waals surface area contributed by atoms with Crippen molar-refractivity contribution in [1.82, 2.24) is 9.55 Å². The molecule has 0 radical (unpaired) electrons. The fourth-order valence-corrected chi connectivity index (χ4v) is 4.62. The molecular weight excluding hydrogens is 356 g/mol. The third-order valence-corrected chi connectivity index (χ3v) is 6.23. The summed E-state index contributed by atoms with van der Waals surface area (Å²) in [5.41, 5.74) is -0.807. The lowest BCUT2D eigenvalue weighted by Gasteiger charge is -2.22. The van der Waals surface area contributed by atoms with E-state index < -0.39 is 26.6 Å². The van der Waals surface area contributed by atoms with E-state index in [0.717, 1.165) is 19.3 Å². The number of aryl methyl sites for hydroxylation is 1. The Morgan fingerprint density at radius 2 is 1.73 bits per heavy atom. The highest BCUT2D eigenvalue weighted by Crippen LogP contribution is 2.22. The average molecular weight is 389 g/mol. The summed E-state index contributed by atoms with van der Waals surface area (Å²) in [4.78, 5) is 24.7. The molecule has 0 aliphatic carbocycles. The molecule has 1 rings (SSSR count). The number of H-pyrrole nitrogens is 1. The minimum atomic E-state index is -3.54. The van der Waals surface area contributed by atoms with Gasteiger partial charge in [-0.2, -0.15) is 8.42 Å². The summed E-state index contributed by atoms with van der Waals surface area (Å²) >= 11 is 0. The maximum atomic E-state index is 12.4. The molecule has 0 saturated carbocycles. The minimum Gasteiger partial charge on any atom is -0.301 e. The SMILES string of the molecule is CC(C)CC(C(C)C)S(=O)(=O)OCCCCCCn1ccc(=O)[nH]c1=O. The zero-order valence-corrected chi connectivity index (χ0v) is 17.0. The van der Waals surface area contributed by atoms with Gasteiger partial charge in [0.1, 0.15) is 0 Å². The van der Waals surface area contributed by atoms with Gasteiger partial charge in [0, 0.05) is 18.8 Å². The van der Waals surface area contributed by atoms with E-state index in [2.05, 4.69) is 4.98 Å². The maximum absolute atomic E-state index is 12.4. The lowest BCUT2D eigenvalue weighted by atomic mass is 10.0. The standard InChI is InChI=1S/C18H32N2O5S/c1-14(2)13-16(15(3)4)26(23,24)25-12-8-6-5-7-10-20-11-9-17(21)19-18(20)22/h9,11,14-16H,5-8,10,12-13H2,1-4H3,(H,19,21,22). The Labute approximate surface area is 155 Å². The van der Waals surface area contributed by atoms with E-state index >= 15 is 0 Å². The predicted octanol–water partition coefficient (Wildman–Crippen LogP) is 2.51. The molecule has 26 heavy (non-hydrogen) atoms. The van der Waals surface area contributed by atoms with Crippen LogP contribution in [0, 0.1) is 11.8 Å². The monoisotopic (exact) mass is 388 g/mol. The van der Waals surface area contributed by atoms with Crippen LogP contribution in [0.5, 0.6) is 0 Å². The van der Waals surface area contributed by atoms with Crippen LogP contribution < -0.4 is 11.2 Å². The summed E-state index contributed by atoms with van der Waals surface area (Å²) in [6.07, 6.45) is 5.21. The van der Waals surface area contributed by atoms with Crippen LogP contribution in [0.3, 0.4) is 0 Å². The van der Waals surface area contributed by atoms with Crippen molar-refractivity contribution in [3.8, 4) is 0 Å². The number of nitrogens with zero attached hydrogens (tertiary/aromatic N) is 1. The fraction of sp³-hybridized carbons (Fsp3) is 0.778. The van der Waals surface area contributed by atoms with Crippen LogP contribution in [0.15, 0.2) is 21.9 Å². The van der Waals surface area contributed by atoms with E-state index in [9.17, 15) is 18.0 Å². The van der Waals surface area contributed by atoms with E-state index in [1.54, 1.807) is 0 Å². The lowest BCUT2D eigenvalue weighted by molar-refractivity contribution is 0.289. The summed E-state index contributed by atoms with van der Waals surface area (Å²) in [6, 6.07) is 1.32. The Kier molecular flexibility index (Phi) is 9.29. The Bertz CT molecular complexity index is 749. The molecule has 1 aromatic heterocycles. The Hall–Kier alpha value is -1.41. The van der Waals surface area contributed by atoms with Gasteiger partial charge in [0.05, 0.1) is 11.9 Å². The van der Waals surface area contributed by atoms with Gasteiger partial charge in [0.2, 0.25) is 0 Å². The molecule has 1 atom stereocenters. The molecule has 0 saturated heterocycles. The smallest absolute Gasteiger partial charge is 0.301 e. The number of rotatable bonds is 12. The molecule has 0 aliphatic rings. The second-order valence-corrected chi connectivity index (χ2v) is 9.27. The molecule has 1 unspecified atom stereocenters. The third-order valence-electron chi connectivity index (χ3n) is 4.26. The molecular formula is C18H32N2O5S. The van der Waals surface area contributed by atoms with Crippen molar-refractivity contribution in [1.29, 1.82) is 0 Å². The van der Waals surface area contributed by atoms with Crippen LogP contribution in [0.1, 0.15) is 59.8 Å². The number of aromatic amines is 1. The molecule has 0 aliphatic heterocycles. The first-order valence-corrected chi connectivity index (χ1v) is 10.8.